The SMILES string of the molecule is COc1cc(-c2nc(-c3nc4ccc(OCc5noc(-c6ccc(C#N)cc6)n5)cc4s3)no2)cc(OC)c1OC. The predicted molar refractivity (Wildman–Crippen MR) is 147 cm³/mol. The molecule has 204 valence electrons. The van der Waals surface area contributed by atoms with Crippen LogP contribution >= 0.6 is 11.3 Å². The molecular weight excluding hydrogens is 548 g/mol. The van der Waals surface area contributed by atoms with E-state index in [4.69, 9.17) is 33.3 Å². The van der Waals surface area contributed by atoms with Crippen molar-refractivity contribution in [2.24, 2.45) is 0 Å². The third-order valence-corrected chi connectivity index (χ3v) is 7.00. The van der Waals surface area contributed by atoms with Crippen molar-refractivity contribution in [3.63, 3.8) is 0 Å². The maximum absolute atomic E-state index is 8.96. The lowest BCUT2D eigenvalue weighted by atomic mass is 10.1. The summed E-state index contributed by atoms with van der Waals surface area (Å²) in [5, 5.41) is 17.6. The molecule has 0 unspecified atom stereocenters. The van der Waals surface area contributed by atoms with Crippen molar-refractivity contribution in [2.75, 3.05) is 21.3 Å². The first-order valence-corrected chi connectivity index (χ1v) is 12.9. The van der Waals surface area contributed by atoms with Crippen LogP contribution in [0.2, 0.25) is 0 Å². The molecule has 0 bridgehead atoms. The number of methoxy groups -OCH3 is 3. The maximum Gasteiger partial charge on any atom is 0.258 e. The first kappa shape index (κ1) is 25.8. The van der Waals surface area contributed by atoms with Crippen molar-refractivity contribution in [1.82, 2.24) is 25.3 Å². The summed E-state index contributed by atoms with van der Waals surface area (Å²) in [7, 11) is 4.61. The number of hydrogen-bond acceptors (Lipinski definition) is 13. The summed E-state index contributed by atoms with van der Waals surface area (Å²) in [4.78, 5) is 13.5. The van der Waals surface area contributed by atoms with Gasteiger partial charge in [0.25, 0.3) is 11.8 Å². The van der Waals surface area contributed by atoms with E-state index in [9.17, 15) is 0 Å². The minimum Gasteiger partial charge on any atom is -0.493 e. The monoisotopic (exact) mass is 568 g/mol. The Balaban J connectivity index is 1.18. The molecule has 3 aromatic heterocycles. The van der Waals surface area contributed by atoms with E-state index >= 15 is 0 Å². The Kier molecular flexibility index (Phi) is 6.88. The largest absolute Gasteiger partial charge is 0.493 e. The highest BCUT2D eigenvalue weighted by atomic mass is 32.1. The molecule has 3 aromatic carbocycles. The lowest BCUT2D eigenvalue weighted by molar-refractivity contribution is 0.287. The van der Waals surface area contributed by atoms with Gasteiger partial charge >= 0.3 is 0 Å². The third kappa shape index (κ3) is 5.11. The molecule has 0 radical (unpaired) electrons. The van der Waals surface area contributed by atoms with E-state index in [1.807, 2.05) is 18.2 Å². The summed E-state index contributed by atoms with van der Waals surface area (Å²) in [5.41, 5.74) is 2.64. The average molecular weight is 569 g/mol. The van der Waals surface area contributed by atoms with Gasteiger partial charge in [-0.2, -0.15) is 15.2 Å². The van der Waals surface area contributed by atoms with Gasteiger partial charge in [-0.1, -0.05) is 10.3 Å². The van der Waals surface area contributed by atoms with Gasteiger partial charge in [-0.05, 0) is 54.6 Å². The van der Waals surface area contributed by atoms with Gasteiger partial charge in [0.2, 0.25) is 17.4 Å². The van der Waals surface area contributed by atoms with Crippen molar-refractivity contribution >= 4 is 21.6 Å². The lowest BCUT2D eigenvalue weighted by Crippen LogP contribution is -1.97. The van der Waals surface area contributed by atoms with Crippen molar-refractivity contribution in [3.8, 4) is 62.8 Å². The highest BCUT2D eigenvalue weighted by Gasteiger charge is 2.20. The molecule has 0 aliphatic heterocycles. The van der Waals surface area contributed by atoms with Gasteiger partial charge in [0, 0.05) is 11.1 Å². The Bertz CT molecular complexity index is 1860. The molecule has 3 heterocycles. The van der Waals surface area contributed by atoms with Crippen LogP contribution in [0.15, 0.2) is 63.6 Å². The zero-order valence-electron chi connectivity index (χ0n) is 21.9. The van der Waals surface area contributed by atoms with E-state index in [2.05, 4.69) is 31.3 Å². The van der Waals surface area contributed by atoms with Crippen LogP contribution in [0.5, 0.6) is 23.0 Å². The van der Waals surface area contributed by atoms with Gasteiger partial charge in [-0.25, -0.2) is 4.98 Å². The molecule has 6 aromatic rings. The van der Waals surface area contributed by atoms with E-state index in [-0.39, 0.29) is 12.5 Å². The quantitative estimate of drug-likeness (QED) is 0.215. The normalized spacial score (nSPS) is 10.9. The van der Waals surface area contributed by atoms with Crippen LogP contribution < -0.4 is 18.9 Å². The Labute approximate surface area is 236 Å². The zero-order valence-corrected chi connectivity index (χ0v) is 22.8. The number of fused-ring (bicyclic) bond motifs is 1. The van der Waals surface area contributed by atoms with Crippen LogP contribution in [-0.4, -0.2) is 46.6 Å². The maximum atomic E-state index is 8.96. The fourth-order valence-electron chi connectivity index (χ4n) is 3.99. The summed E-state index contributed by atoms with van der Waals surface area (Å²) < 4.78 is 33.8. The van der Waals surface area contributed by atoms with E-state index in [0.29, 0.717) is 56.7 Å². The first-order chi connectivity index (χ1) is 20.1. The highest BCUT2D eigenvalue weighted by Crippen LogP contribution is 2.41. The Morgan fingerprint density at radius 2 is 1.54 bits per heavy atom. The molecular formula is C28H20N6O6S. The third-order valence-electron chi connectivity index (χ3n) is 5.99. The van der Waals surface area contributed by atoms with Crippen LogP contribution in [0.25, 0.3) is 44.0 Å². The topological polar surface area (TPSA) is 151 Å². The Morgan fingerprint density at radius 1 is 0.805 bits per heavy atom. The molecule has 0 aliphatic rings. The van der Waals surface area contributed by atoms with E-state index in [1.165, 1.54) is 32.7 Å². The molecule has 6 rings (SSSR count). The number of benzene rings is 3. The summed E-state index contributed by atoms with van der Waals surface area (Å²) >= 11 is 1.40. The number of nitrogens with zero attached hydrogens (tertiary/aromatic N) is 6. The second-order valence-electron chi connectivity index (χ2n) is 8.48. The fourth-order valence-corrected chi connectivity index (χ4v) is 4.91. The molecule has 0 saturated carbocycles. The number of thiazole rings is 1. The van der Waals surface area contributed by atoms with Crippen molar-refractivity contribution in [2.45, 2.75) is 6.61 Å². The minimum absolute atomic E-state index is 0.111. The van der Waals surface area contributed by atoms with Crippen molar-refractivity contribution in [1.29, 1.82) is 5.26 Å². The summed E-state index contributed by atoms with van der Waals surface area (Å²) in [6, 6.07) is 18.0. The van der Waals surface area contributed by atoms with Crippen LogP contribution in [-0.2, 0) is 6.61 Å². The van der Waals surface area contributed by atoms with Gasteiger partial charge in [0.15, 0.2) is 23.1 Å². The highest BCUT2D eigenvalue weighted by molar-refractivity contribution is 7.21. The molecule has 12 nitrogen and oxygen atoms in total. The van der Waals surface area contributed by atoms with Crippen molar-refractivity contribution in [3.05, 3.63) is 66.0 Å². The standard InChI is InChI=1S/C28H20N6O6S/c1-35-20-10-17(11-21(36-2)24(20)37-3)27-32-25(34-40-27)28-30-19-9-8-18(12-22(19)41-28)38-14-23-31-26(39-33-23)16-6-4-15(13-29)5-7-16/h4-12H,14H2,1-3H3. The number of rotatable bonds is 9. The Hall–Kier alpha value is -5.48. The van der Waals surface area contributed by atoms with Gasteiger partial charge in [-0.3, -0.25) is 0 Å². The molecule has 0 N–H and O–H groups in total. The number of hydrogen-bond donors (Lipinski definition) is 0. The van der Waals surface area contributed by atoms with E-state index in [1.54, 1.807) is 36.4 Å². The van der Waals surface area contributed by atoms with Gasteiger partial charge in [-0.15, -0.1) is 11.3 Å². The molecule has 0 saturated heterocycles. The fraction of sp³-hybridized carbons (Fsp3) is 0.143. The molecule has 0 fully saturated rings. The smallest absolute Gasteiger partial charge is 0.258 e. The Morgan fingerprint density at radius 3 is 2.24 bits per heavy atom. The van der Waals surface area contributed by atoms with Crippen molar-refractivity contribution < 1.29 is 28.0 Å². The van der Waals surface area contributed by atoms with Gasteiger partial charge in [0.1, 0.15) is 5.75 Å². The van der Waals surface area contributed by atoms with Crippen LogP contribution in [0.1, 0.15) is 11.4 Å². The first-order valence-electron chi connectivity index (χ1n) is 12.1. The molecule has 41 heavy (non-hydrogen) atoms. The average Bonchev–Trinajstić information content (AvgIpc) is 3.79. The second kappa shape index (κ2) is 10.9. The molecule has 0 atom stereocenters. The minimum atomic E-state index is 0.111. The van der Waals surface area contributed by atoms with E-state index in [0.717, 1.165) is 15.8 Å². The second-order valence-corrected chi connectivity index (χ2v) is 9.51. The summed E-state index contributed by atoms with van der Waals surface area (Å²) in [6.07, 6.45) is 0. The number of aromatic nitrogens is 5. The molecule has 0 spiro atoms. The summed E-state index contributed by atoms with van der Waals surface area (Å²) in [6.45, 7) is 0.111. The van der Waals surface area contributed by atoms with Gasteiger partial charge in [0.05, 0.1) is 43.2 Å². The zero-order chi connectivity index (χ0) is 28.3. The van der Waals surface area contributed by atoms with Crippen LogP contribution in [0.4, 0.5) is 0 Å². The van der Waals surface area contributed by atoms with E-state index < -0.39 is 0 Å². The molecule has 13 heteroatoms. The lowest BCUT2D eigenvalue weighted by Gasteiger charge is -2.12. The predicted octanol–water partition coefficient (Wildman–Crippen LogP) is 5.54. The van der Waals surface area contributed by atoms with Crippen LogP contribution in [0.3, 0.4) is 0 Å². The number of ether oxygens (including phenoxy) is 4. The van der Waals surface area contributed by atoms with Gasteiger partial charge < -0.3 is 28.0 Å². The molecule has 0 aliphatic carbocycles. The summed E-state index contributed by atoms with van der Waals surface area (Å²) in [5.74, 6) is 3.39. The van der Waals surface area contributed by atoms with Crippen LogP contribution in [0, 0.1) is 11.3 Å². The molecule has 0 amide bonds. The number of nitriles is 1.